The number of nitrogens with one attached hydrogen (secondary N) is 1. The molecular weight excluding hydrogens is 326 g/mol. The number of hydrogen-bond acceptors (Lipinski definition) is 6. The summed E-state index contributed by atoms with van der Waals surface area (Å²) < 4.78 is 5.26. The van der Waals surface area contributed by atoms with Crippen molar-refractivity contribution in [2.75, 3.05) is 0 Å². The predicted octanol–water partition coefficient (Wildman–Crippen LogP) is 0.549. The molecule has 1 aromatic carbocycles. The van der Waals surface area contributed by atoms with E-state index in [4.69, 9.17) is 4.42 Å². The molecular formula is C18H20NO6-. The van der Waals surface area contributed by atoms with Crippen LogP contribution in [0.15, 0.2) is 21.3 Å². The lowest BCUT2D eigenvalue weighted by Gasteiger charge is -2.23. The van der Waals surface area contributed by atoms with Gasteiger partial charge in [0.1, 0.15) is 11.3 Å². The van der Waals surface area contributed by atoms with Gasteiger partial charge < -0.3 is 24.7 Å². The Morgan fingerprint density at radius 3 is 2.44 bits per heavy atom. The molecule has 0 bridgehead atoms. The van der Waals surface area contributed by atoms with Gasteiger partial charge in [0, 0.05) is 10.9 Å². The molecule has 0 fully saturated rings. The number of aromatic hydroxyl groups is 1. The minimum Gasteiger partial charge on any atom is -0.548 e. The van der Waals surface area contributed by atoms with Crippen molar-refractivity contribution >= 4 is 22.8 Å². The molecule has 0 saturated heterocycles. The van der Waals surface area contributed by atoms with Crippen molar-refractivity contribution in [2.24, 2.45) is 5.92 Å². The highest BCUT2D eigenvalue weighted by Crippen LogP contribution is 2.28. The molecule has 1 amide bonds. The number of phenolic OH excluding ortho intramolecular Hbond substituents is 1. The number of carboxylic acid groups (broad SMARTS) is 1. The van der Waals surface area contributed by atoms with E-state index in [1.807, 2.05) is 0 Å². The van der Waals surface area contributed by atoms with E-state index in [9.17, 15) is 24.6 Å². The average Bonchev–Trinajstić information content (AvgIpc) is 2.52. The predicted molar refractivity (Wildman–Crippen MR) is 89.1 cm³/mol. The monoisotopic (exact) mass is 346 g/mol. The van der Waals surface area contributed by atoms with E-state index in [2.05, 4.69) is 5.32 Å². The maximum atomic E-state index is 12.2. The number of fused-ring (bicyclic) bond motifs is 1. The third-order valence-corrected chi connectivity index (χ3v) is 4.25. The SMILES string of the molecule is Cc1c(CC(=O)N[C@H](C(=O)[O-])C(C)C)c(=O)oc2c(C)c(O)ccc12. The number of hydrogen-bond donors (Lipinski definition) is 2. The summed E-state index contributed by atoms with van der Waals surface area (Å²) in [6, 6.07) is 1.95. The molecule has 1 heterocycles. The normalized spacial score (nSPS) is 12.4. The van der Waals surface area contributed by atoms with E-state index < -0.39 is 23.5 Å². The van der Waals surface area contributed by atoms with E-state index in [0.717, 1.165) is 0 Å². The summed E-state index contributed by atoms with van der Waals surface area (Å²) in [5, 5.41) is 23.8. The van der Waals surface area contributed by atoms with Crippen LogP contribution in [0.1, 0.15) is 30.5 Å². The minimum atomic E-state index is -1.38. The first-order valence-electron chi connectivity index (χ1n) is 7.88. The number of carbonyl (C=O) groups excluding carboxylic acids is 2. The summed E-state index contributed by atoms with van der Waals surface area (Å²) in [6.45, 7) is 6.59. The summed E-state index contributed by atoms with van der Waals surface area (Å²) in [5.74, 6) is -2.33. The minimum absolute atomic E-state index is 0.00859. The van der Waals surface area contributed by atoms with Crippen molar-refractivity contribution in [3.05, 3.63) is 39.2 Å². The van der Waals surface area contributed by atoms with Gasteiger partial charge in [0.2, 0.25) is 5.91 Å². The van der Waals surface area contributed by atoms with Gasteiger partial charge in [-0.05, 0) is 37.5 Å². The highest BCUT2D eigenvalue weighted by Gasteiger charge is 2.21. The number of phenols is 1. The van der Waals surface area contributed by atoms with Crippen LogP contribution in [0.4, 0.5) is 0 Å². The lowest BCUT2D eigenvalue weighted by molar-refractivity contribution is -0.309. The second-order valence-electron chi connectivity index (χ2n) is 6.36. The number of carbonyl (C=O) groups is 2. The Balaban J connectivity index is 2.39. The second-order valence-corrected chi connectivity index (χ2v) is 6.36. The highest BCUT2D eigenvalue weighted by molar-refractivity contribution is 5.88. The third kappa shape index (κ3) is 3.65. The van der Waals surface area contributed by atoms with Crippen LogP contribution in [0.5, 0.6) is 5.75 Å². The zero-order valence-corrected chi connectivity index (χ0v) is 14.5. The molecule has 0 unspecified atom stereocenters. The van der Waals surface area contributed by atoms with Gasteiger partial charge in [0.05, 0.1) is 24.0 Å². The van der Waals surface area contributed by atoms with Gasteiger partial charge in [0.25, 0.3) is 0 Å². The Hall–Kier alpha value is -2.83. The fourth-order valence-electron chi connectivity index (χ4n) is 2.67. The molecule has 0 aliphatic carbocycles. The van der Waals surface area contributed by atoms with Crippen molar-refractivity contribution < 1.29 is 24.2 Å². The highest BCUT2D eigenvalue weighted by atomic mass is 16.4. The fraction of sp³-hybridized carbons (Fsp3) is 0.389. The standard InChI is InChI=1S/C18H21NO6/c1-8(2)15(17(22)23)19-14(21)7-12-9(3)11-5-6-13(20)10(4)16(11)25-18(12)24/h5-6,8,15,20H,7H2,1-4H3,(H,19,21)(H,22,23)/p-1/t15-/m0/s1. The van der Waals surface area contributed by atoms with E-state index in [1.54, 1.807) is 33.8 Å². The lowest BCUT2D eigenvalue weighted by Crippen LogP contribution is -2.51. The van der Waals surface area contributed by atoms with Crippen LogP contribution in [0.3, 0.4) is 0 Å². The van der Waals surface area contributed by atoms with Gasteiger partial charge in [-0.25, -0.2) is 4.79 Å². The zero-order valence-electron chi connectivity index (χ0n) is 14.5. The Morgan fingerprint density at radius 2 is 1.88 bits per heavy atom. The van der Waals surface area contributed by atoms with E-state index >= 15 is 0 Å². The molecule has 2 rings (SSSR count). The van der Waals surface area contributed by atoms with Crippen LogP contribution in [-0.4, -0.2) is 23.0 Å². The molecule has 7 nitrogen and oxygen atoms in total. The van der Waals surface area contributed by atoms with Gasteiger partial charge in [-0.2, -0.15) is 0 Å². The van der Waals surface area contributed by atoms with Crippen molar-refractivity contribution in [1.82, 2.24) is 5.32 Å². The molecule has 2 N–H and O–H groups in total. The summed E-state index contributed by atoms with van der Waals surface area (Å²) in [5.41, 5.74) is 0.713. The summed E-state index contributed by atoms with van der Waals surface area (Å²) in [7, 11) is 0. The van der Waals surface area contributed by atoms with Crippen molar-refractivity contribution in [1.29, 1.82) is 0 Å². The fourth-order valence-corrected chi connectivity index (χ4v) is 2.67. The van der Waals surface area contributed by atoms with E-state index in [0.29, 0.717) is 16.5 Å². The van der Waals surface area contributed by atoms with Crippen LogP contribution in [0.25, 0.3) is 11.0 Å². The van der Waals surface area contributed by atoms with Crippen molar-refractivity contribution in [2.45, 2.75) is 40.2 Å². The van der Waals surface area contributed by atoms with E-state index in [1.165, 1.54) is 6.07 Å². The summed E-state index contributed by atoms with van der Waals surface area (Å²) >= 11 is 0. The van der Waals surface area contributed by atoms with E-state index in [-0.39, 0.29) is 29.2 Å². The van der Waals surface area contributed by atoms with Crippen molar-refractivity contribution in [3.8, 4) is 5.75 Å². The van der Waals surface area contributed by atoms with Gasteiger partial charge in [-0.1, -0.05) is 13.8 Å². The number of aryl methyl sites for hydroxylation is 2. The van der Waals surface area contributed by atoms with Crippen molar-refractivity contribution in [3.63, 3.8) is 0 Å². The smallest absolute Gasteiger partial charge is 0.340 e. The second kappa shape index (κ2) is 6.96. The average molecular weight is 346 g/mol. The Bertz CT molecular complexity index is 897. The number of amides is 1. The Labute approximate surface area is 144 Å². The first kappa shape index (κ1) is 18.5. The molecule has 0 aliphatic rings. The zero-order chi connectivity index (χ0) is 18.9. The molecule has 0 spiro atoms. The molecule has 0 radical (unpaired) electrons. The first-order valence-corrected chi connectivity index (χ1v) is 7.88. The Kier molecular flexibility index (Phi) is 5.15. The largest absolute Gasteiger partial charge is 0.548 e. The maximum Gasteiger partial charge on any atom is 0.340 e. The van der Waals surface area contributed by atoms with Crippen LogP contribution < -0.4 is 16.0 Å². The number of aliphatic carboxylic acids is 1. The molecule has 0 aliphatic heterocycles. The van der Waals surface area contributed by atoms with Crippen LogP contribution >= 0.6 is 0 Å². The molecule has 7 heteroatoms. The lowest BCUT2D eigenvalue weighted by atomic mass is 10.0. The quantitative estimate of drug-likeness (QED) is 0.763. The van der Waals surface area contributed by atoms with Crippen LogP contribution in [0, 0.1) is 19.8 Å². The van der Waals surface area contributed by atoms with Gasteiger partial charge in [-0.3, -0.25) is 4.79 Å². The molecule has 2 aromatic rings. The summed E-state index contributed by atoms with van der Waals surface area (Å²) in [4.78, 5) is 35.5. The number of rotatable bonds is 5. The molecule has 1 aromatic heterocycles. The maximum absolute atomic E-state index is 12.2. The Morgan fingerprint density at radius 1 is 1.24 bits per heavy atom. The van der Waals surface area contributed by atoms with Crippen LogP contribution in [-0.2, 0) is 16.0 Å². The molecule has 25 heavy (non-hydrogen) atoms. The summed E-state index contributed by atoms with van der Waals surface area (Å²) in [6.07, 6.45) is -0.305. The van der Waals surface area contributed by atoms with Gasteiger partial charge >= 0.3 is 5.63 Å². The number of carboxylic acids is 1. The first-order chi connectivity index (χ1) is 11.6. The van der Waals surface area contributed by atoms with Gasteiger partial charge in [-0.15, -0.1) is 0 Å². The molecule has 0 saturated carbocycles. The number of benzene rings is 1. The topological polar surface area (TPSA) is 120 Å². The molecule has 1 atom stereocenters. The third-order valence-electron chi connectivity index (χ3n) is 4.25. The molecule has 134 valence electrons. The van der Waals surface area contributed by atoms with Gasteiger partial charge in [0.15, 0.2) is 0 Å². The van der Waals surface area contributed by atoms with Crippen LogP contribution in [0.2, 0.25) is 0 Å².